The van der Waals surface area contributed by atoms with Crippen molar-refractivity contribution in [1.29, 1.82) is 5.26 Å². The number of carbonyl (C=O) groups excluding carboxylic acids is 1. The molecule has 0 saturated carbocycles. The highest BCUT2D eigenvalue weighted by Crippen LogP contribution is 2.21. The molecular weight excluding hydrogens is 225 g/mol. The van der Waals surface area contributed by atoms with E-state index >= 15 is 0 Å². The number of esters is 1. The normalized spacial score (nSPS) is 11.4. The second-order valence-corrected chi connectivity index (χ2v) is 3.28. The minimum atomic E-state index is -2.18. The van der Waals surface area contributed by atoms with Gasteiger partial charge < -0.3 is 9.47 Å². The molecule has 0 aromatic heterocycles. The summed E-state index contributed by atoms with van der Waals surface area (Å²) in [5.74, 6) is -0.918. The number of halogens is 1. The van der Waals surface area contributed by atoms with E-state index in [0.717, 1.165) is 0 Å². The summed E-state index contributed by atoms with van der Waals surface area (Å²) in [6, 6.07) is 6.48. The third-order valence-corrected chi connectivity index (χ3v) is 2.02. The molecule has 1 aromatic rings. The fraction of sp³-hybridized carbons (Fsp3) is 0.333. The highest BCUT2D eigenvalue weighted by Gasteiger charge is 2.21. The van der Waals surface area contributed by atoms with E-state index in [-0.39, 0.29) is 12.4 Å². The van der Waals surface area contributed by atoms with Crippen molar-refractivity contribution < 1.29 is 18.7 Å². The third-order valence-electron chi connectivity index (χ3n) is 2.02. The van der Waals surface area contributed by atoms with Gasteiger partial charge >= 0.3 is 12.3 Å². The lowest BCUT2D eigenvalue weighted by Crippen LogP contribution is -2.25. The molecule has 17 heavy (non-hydrogen) atoms. The fourth-order valence-corrected chi connectivity index (χ4v) is 1.16. The van der Waals surface area contributed by atoms with E-state index in [1.165, 1.54) is 6.07 Å². The Hall–Kier alpha value is -2.09. The molecule has 90 valence electrons. The van der Waals surface area contributed by atoms with Crippen LogP contribution in [0.25, 0.3) is 0 Å². The molecule has 0 fully saturated rings. The quantitative estimate of drug-likeness (QED) is 0.752. The summed E-state index contributed by atoms with van der Waals surface area (Å²) in [6.45, 7) is 3.35. The van der Waals surface area contributed by atoms with Gasteiger partial charge in [0.1, 0.15) is 5.75 Å². The van der Waals surface area contributed by atoms with Crippen LogP contribution in [-0.2, 0) is 9.53 Å². The van der Waals surface area contributed by atoms with E-state index in [1.807, 2.05) is 6.07 Å². The van der Waals surface area contributed by atoms with Crippen LogP contribution in [0.4, 0.5) is 4.39 Å². The van der Waals surface area contributed by atoms with Crippen molar-refractivity contribution in [2.45, 2.75) is 20.2 Å². The smallest absolute Gasteiger partial charge is 0.381 e. The molecule has 1 rings (SSSR count). The summed E-state index contributed by atoms with van der Waals surface area (Å²) in [7, 11) is 0. The first-order valence-corrected chi connectivity index (χ1v) is 5.06. The lowest BCUT2D eigenvalue weighted by atomic mass is 10.1. The highest BCUT2D eigenvalue weighted by molar-refractivity contribution is 5.73. The molecule has 0 N–H and O–H groups in total. The van der Waals surface area contributed by atoms with Crippen LogP contribution in [-0.4, -0.2) is 18.9 Å². The van der Waals surface area contributed by atoms with Gasteiger partial charge in [0.15, 0.2) is 0 Å². The predicted octanol–water partition coefficient (Wildman–Crippen LogP) is 2.10. The minimum absolute atomic E-state index is 0.0832. The lowest BCUT2D eigenvalue weighted by Gasteiger charge is -2.12. The summed E-state index contributed by atoms with van der Waals surface area (Å²) >= 11 is 0. The molecule has 4 nitrogen and oxygen atoms in total. The first-order chi connectivity index (χ1) is 8.08. The number of aryl methyl sites for hydroxylation is 1. The Balaban J connectivity index is 2.81. The van der Waals surface area contributed by atoms with Gasteiger partial charge in [-0.3, -0.25) is 0 Å². The van der Waals surface area contributed by atoms with Gasteiger partial charge in [-0.1, -0.05) is 6.07 Å². The number of ether oxygens (including phenoxy) is 2. The van der Waals surface area contributed by atoms with Crippen molar-refractivity contribution in [2.75, 3.05) is 6.61 Å². The van der Waals surface area contributed by atoms with Crippen LogP contribution in [0.2, 0.25) is 0 Å². The molecule has 1 atom stereocenters. The summed E-state index contributed by atoms with van der Waals surface area (Å²) < 4.78 is 22.6. The Morgan fingerprint density at radius 1 is 1.59 bits per heavy atom. The topological polar surface area (TPSA) is 59.3 Å². The first kappa shape index (κ1) is 13.0. The molecule has 0 bridgehead atoms. The second-order valence-electron chi connectivity index (χ2n) is 3.28. The Kier molecular flexibility index (Phi) is 4.46. The average molecular weight is 237 g/mol. The highest BCUT2D eigenvalue weighted by atomic mass is 19.1. The number of hydrogen-bond acceptors (Lipinski definition) is 4. The number of rotatable bonds is 4. The Bertz CT molecular complexity index is 454. The zero-order valence-electron chi connectivity index (χ0n) is 9.57. The van der Waals surface area contributed by atoms with Gasteiger partial charge in [0.05, 0.1) is 18.2 Å². The molecule has 0 heterocycles. The number of nitrogens with zero attached hydrogens (tertiary/aromatic N) is 1. The van der Waals surface area contributed by atoms with Gasteiger partial charge in [0, 0.05) is 0 Å². The van der Waals surface area contributed by atoms with Crippen molar-refractivity contribution in [3.63, 3.8) is 0 Å². The summed E-state index contributed by atoms with van der Waals surface area (Å²) in [6.07, 6.45) is -2.18. The maximum Gasteiger partial charge on any atom is 0.381 e. The van der Waals surface area contributed by atoms with E-state index in [0.29, 0.717) is 11.1 Å². The molecule has 0 aliphatic rings. The molecule has 0 aliphatic carbocycles. The standard InChI is InChI=1S/C12H12FNO3/c1-3-16-12(15)11(13)17-10-6-9(7-14)5-4-8(10)2/h4-6,11H,3H2,1-2H3. The number of alkyl halides is 1. The molecule has 1 unspecified atom stereocenters. The van der Waals surface area contributed by atoms with Gasteiger partial charge in [-0.2, -0.15) is 9.65 Å². The van der Waals surface area contributed by atoms with Crippen LogP contribution in [0.1, 0.15) is 18.1 Å². The Morgan fingerprint density at radius 3 is 2.88 bits per heavy atom. The molecule has 5 heteroatoms. The maximum atomic E-state index is 13.3. The van der Waals surface area contributed by atoms with Crippen molar-refractivity contribution in [3.8, 4) is 11.8 Å². The van der Waals surface area contributed by atoms with Crippen molar-refractivity contribution in [3.05, 3.63) is 29.3 Å². The Morgan fingerprint density at radius 2 is 2.29 bits per heavy atom. The van der Waals surface area contributed by atoms with Crippen molar-refractivity contribution >= 4 is 5.97 Å². The number of hydrogen-bond donors (Lipinski definition) is 0. The van der Waals surface area contributed by atoms with E-state index in [4.69, 9.17) is 10.00 Å². The van der Waals surface area contributed by atoms with Gasteiger partial charge in [0.25, 0.3) is 0 Å². The van der Waals surface area contributed by atoms with Crippen molar-refractivity contribution in [2.24, 2.45) is 0 Å². The van der Waals surface area contributed by atoms with E-state index in [1.54, 1.807) is 26.0 Å². The van der Waals surface area contributed by atoms with Crippen LogP contribution in [0, 0.1) is 18.3 Å². The number of carbonyl (C=O) groups is 1. The first-order valence-electron chi connectivity index (χ1n) is 5.06. The summed E-state index contributed by atoms with van der Waals surface area (Å²) in [5.41, 5.74) is 0.970. The molecule has 0 radical (unpaired) electrons. The molecule has 0 amide bonds. The molecule has 0 saturated heterocycles. The van der Waals surface area contributed by atoms with Crippen LogP contribution < -0.4 is 4.74 Å². The average Bonchev–Trinajstić information content (AvgIpc) is 2.32. The zero-order valence-corrected chi connectivity index (χ0v) is 9.57. The van der Waals surface area contributed by atoms with Gasteiger partial charge in [-0.05, 0) is 31.5 Å². The van der Waals surface area contributed by atoms with Crippen LogP contribution in [0.15, 0.2) is 18.2 Å². The predicted molar refractivity (Wildman–Crippen MR) is 58.1 cm³/mol. The van der Waals surface area contributed by atoms with E-state index in [2.05, 4.69) is 4.74 Å². The monoisotopic (exact) mass is 237 g/mol. The lowest BCUT2D eigenvalue weighted by molar-refractivity contribution is -0.159. The minimum Gasteiger partial charge on any atom is -0.461 e. The van der Waals surface area contributed by atoms with E-state index < -0.39 is 12.3 Å². The van der Waals surface area contributed by atoms with E-state index in [9.17, 15) is 9.18 Å². The zero-order chi connectivity index (χ0) is 12.8. The molecule has 0 spiro atoms. The third kappa shape index (κ3) is 3.45. The molecule has 1 aromatic carbocycles. The van der Waals surface area contributed by atoms with Crippen molar-refractivity contribution in [1.82, 2.24) is 0 Å². The van der Waals surface area contributed by atoms with Gasteiger partial charge in [0.2, 0.25) is 0 Å². The SMILES string of the molecule is CCOC(=O)C(F)Oc1cc(C#N)ccc1C. The van der Waals surface area contributed by atoms with Crippen LogP contribution in [0.5, 0.6) is 5.75 Å². The second kappa shape index (κ2) is 5.85. The summed E-state index contributed by atoms with van der Waals surface area (Å²) in [5, 5.41) is 8.69. The molecule has 0 aliphatic heterocycles. The largest absolute Gasteiger partial charge is 0.461 e. The van der Waals surface area contributed by atoms with Crippen LogP contribution >= 0.6 is 0 Å². The number of benzene rings is 1. The van der Waals surface area contributed by atoms with Crippen LogP contribution in [0.3, 0.4) is 0 Å². The van der Waals surface area contributed by atoms with Gasteiger partial charge in [-0.25, -0.2) is 4.79 Å². The molecular formula is C12H12FNO3. The fourth-order valence-electron chi connectivity index (χ4n) is 1.16. The summed E-state index contributed by atoms with van der Waals surface area (Å²) in [4.78, 5) is 11.0. The Labute approximate surface area is 98.6 Å². The number of nitriles is 1. The van der Waals surface area contributed by atoms with Gasteiger partial charge in [-0.15, -0.1) is 0 Å². The maximum absolute atomic E-state index is 13.3.